The molecule has 0 aromatic heterocycles. The summed E-state index contributed by atoms with van der Waals surface area (Å²) in [6, 6.07) is 12.2. The third kappa shape index (κ3) is 4.25. The number of hydrogen-bond donors (Lipinski definition) is 1. The molecular weight excluding hydrogens is 250 g/mol. The molecule has 19 heavy (non-hydrogen) atoms. The predicted octanol–water partition coefficient (Wildman–Crippen LogP) is 4.65. The largest absolute Gasteiger partial charge is 0.306 e. The minimum Gasteiger partial charge on any atom is -0.306 e. The fraction of sp³-hybridized carbons (Fsp3) is 0.647. The van der Waals surface area contributed by atoms with E-state index in [1.807, 2.05) is 11.8 Å². The van der Waals surface area contributed by atoms with Crippen LogP contribution < -0.4 is 5.32 Å². The molecule has 1 fully saturated rings. The van der Waals surface area contributed by atoms with Crippen molar-refractivity contribution in [3.63, 3.8) is 0 Å². The van der Waals surface area contributed by atoms with Gasteiger partial charge in [-0.1, -0.05) is 50.6 Å². The summed E-state index contributed by atoms with van der Waals surface area (Å²) < 4.78 is 0. The SMILES string of the molecule is CSC1CCCC1NC(CC(C)C)c1ccccc1. The van der Waals surface area contributed by atoms with E-state index in [1.165, 1.54) is 31.2 Å². The van der Waals surface area contributed by atoms with Gasteiger partial charge in [0.1, 0.15) is 0 Å². The summed E-state index contributed by atoms with van der Waals surface area (Å²) in [6.07, 6.45) is 7.58. The summed E-state index contributed by atoms with van der Waals surface area (Å²) in [4.78, 5) is 0. The number of benzene rings is 1. The second-order valence-corrected chi connectivity index (χ2v) is 7.15. The van der Waals surface area contributed by atoms with Crippen LogP contribution >= 0.6 is 11.8 Å². The van der Waals surface area contributed by atoms with Gasteiger partial charge in [-0.05, 0) is 37.0 Å². The van der Waals surface area contributed by atoms with Crippen LogP contribution in [0.4, 0.5) is 0 Å². The number of rotatable bonds is 6. The maximum Gasteiger partial charge on any atom is 0.0325 e. The summed E-state index contributed by atoms with van der Waals surface area (Å²) in [5, 5.41) is 4.75. The topological polar surface area (TPSA) is 12.0 Å². The van der Waals surface area contributed by atoms with Gasteiger partial charge in [-0.25, -0.2) is 0 Å². The van der Waals surface area contributed by atoms with Crippen molar-refractivity contribution in [2.75, 3.05) is 6.26 Å². The fourth-order valence-electron chi connectivity index (χ4n) is 3.11. The quantitative estimate of drug-likeness (QED) is 0.812. The first-order valence-corrected chi connectivity index (χ1v) is 8.83. The van der Waals surface area contributed by atoms with Crippen LogP contribution in [0.5, 0.6) is 0 Å². The van der Waals surface area contributed by atoms with Gasteiger partial charge in [-0.15, -0.1) is 0 Å². The first kappa shape index (κ1) is 14.9. The molecule has 1 aliphatic rings. The van der Waals surface area contributed by atoms with E-state index in [-0.39, 0.29) is 0 Å². The van der Waals surface area contributed by atoms with Crippen LogP contribution in [0, 0.1) is 5.92 Å². The average Bonchev–Trinajstić information content (AvgIpc) is 2.86. The van der Waals surface area contributed by atoms with Crippen molar-refractivity contribution >= 4 is 11.8 Å². The first-order chi connectivity index (χ1) is 9.20. The van der Waals surface area contributed by atoms with Crippen LogP contribution in [-0.2, 0) is 0 Å². The van der Waals surface area contributed by atoms with E-state index in [2.05, 4.69) is 55.8 Å². The summed E-state index contributed by atoms with van der Waals surface area (Å²) in [6.45, 7) is 4.64. The second kappa shape index (κ2) is 7.35. The standard InChI is InChI=1S/C17H27NS/c1-13(2)12-16(14-8-5-4-6-9-14)18-15-10-7-11-17(15)19-3/h4-6,8-9,13,15-18H,7,10-12H2,1-3H3. The molecule has 0 bridgehead atoms. The Kier molecular flexibility index (Phi) is 5.77. The number of thioether (sulfide) groups is 1. The van der Waals surface area contributed by atoms with Gasteiger partial charge >= 0.3 is 0 Å². The summed E-state index contributed by atoms with van der Waals surface area (Å²) in [7, 11) is 0. The molecule has 106 valence electrons. The van der Waals surface area contributed by atoms with E-state index in [0.717, 1.165) is 11.2 Å². The van der Waals surface area contributed by atoms with Crippen LogP contribution in [0.25, 0.3) is 0 Å². The van der Waals surface area contributed by atoms with Crippen molar-refractivity contribution < 1.29 is 0 Å². The van der Waals surface area contributed by atoms with E-state index >= 15 is 0 Å². The van der Waals surface area contributed by atoms with Gasteiger partial charge in [-0.2, -0.15) is 11.8 Å². The molecule has 0 amide bonds. The summed E-state index contributed by atoms with van der Waals surface area (Å²) in [5.41, 5.74) is 1.45. The summed E-state index contributed by atoms with van der Waals surface area (Å²) in [5.74, 6) is 0.729. The minimum atomic E-state index is 0.513. The third-order valence-electron chi connectivity index (χ3n) is 4.08. The van der Waals surface area contributed by atoms with E-state index in [9.17, 15) is 0 Å². The molecule has 1 N–H and O–H groups in total. The monoisotopic (exact) mass is 277 g/mol. The molecule has 0 spiro atoms. The van der Waals surface area contributed by atoms with Crippen molar-refractivity contribution in [2.45, 2.75) is 56.9 Å². The Hall–Kier alpha value is -0.470. The molecule has 1 aromatic rings. The number of nitrogens with one attached hydrogen (secondary N) is 1. The highest BCUT2D eigenvalue weighted by molar-refractivity contribution is 7.99. The molecule has 2 rings (SSSR count). The Balaban J connectivity index is 2.06. The number of hydrogen-bond acceptors (Lipinski definition) is 2. The van der Waals surface area contributed by atoms with Crippen LogP contribution in [-0.4, -0.2) is 17.5 Å². The van der Waals surface area contributed by atoms with Crippen molar-refractivity contribution in [1.29, 1.82) is 0 Å². The van der Waals surface area contributed by atoms with Gasteiger partial charge < -0.3 is 5.32 Å². The Morgan fingerprint density at radius 3 is 2.58 bits per heavy atom. The zero-order valence-electron chi connectivity index (χ0n) is 12.4. The van der Waals surface area contributed by atoms with Crippen LogP contribution in [0.1, 0.15) is 51.1 Å². The highest BCUT2D eigenvalue weighted by Crippen LogP contribution is 2.31. The second-order valence-electron chi connectivity index (χ2n) is 6.07. The van der Waals surface area contributed by atoms with Crippen LogP contribution in [0.3, 0.4) is 0 Å². The van der Waals surface area contributed by atoms with E-state index in [0.29, 0.717) is 12.1 Å². The molecule has 1 saturated carbocycles. The molecule has 1 aliphatic carbocycles. The van der Waals surface area contributed by atoms with Crippen molar-refractivity contribution in [1.82, 2.24) is 5.32 Å². The Morgan fingerprint density at radius 2 is 1.95 bits per heavy atom. The summed E-state index contributed by atoms with van der Waals surface area (Å²) >= 11 is 2.03. The fourth-order valence-corrected chi connectivity index (χ4v) is 4.06. The average molecular weight is 277 g/mol. The minimum absolute atomic E-state index is 0.513. The van der Waals surface area contributed by atoms with Crippen molar-refractivity contribution in [3.8, 4) is 0 Å². The van der Waals surface area contributed by atoms with E-state index < -0.39 is 0 Å². The third-order valence-corrected chi connectivity index (χ3v) is 5.25. The lowest BCUT2D eigenvalue weighted by molar-refractivity contribution is 0.383. The molecule has 3 atom stereocenters. The highest BCUT2D eigenvalue weighted by Gasteiger charge is 2.28. The molecular formula is C17H27NS. The van der Waals surface area contributed by atoms with Gasteiger partial charge in [-0.3, -0.25) is 0 Å². The van der Waals surface area contributed by atoms with Gasteiger partial charge in [0.25, 0.3) is 0 Å². The van der Waals surface area contributed by atoms with Crippen molar-refractivity contribution in [3.05, 3.63) is 35.9 Å². The zero-order valence-corrected chi connectivity index (χ0v) is 13.2. The molecule has 0 heterocycles. The first-order valence-electron chi connectivity index (χ1n) is 7.54. The molecule has 1 aromatic carbocycles. The molecule has 0 radical (unpaired) electrons. The predicted molar refractivity (Wildman–Crippen MR) is 86.7 cm³/mol. The lowest BCUT2D eigenvalue weighted by Gasteiger charge is -2.28. The smallest absolute Gasteiger partial charge is 0.0325 e. The maximum absolute atomic E-state index is 3.94. The Bertz CT molecular complexity index is 363. The molecule has 1 nitrogen and oxygen atoms in total. The maximum atomic E-state index is 3.94. The van der Waals surface area contributed by atoms with Gasteiger partial charge in [0.15, 0.2) is 0 Å². The van der Waals surface area contributed by atoms with E-state index in [4.69, 9.17) is 0 Å². The Morgan fingerprint density at radius 1 is 1.21 bits per heavy atom. The zero-order chi connectivity index (χ0) is 13.7. The highest BCUT2D eigenvalue weighted by atomic mass is 32.2. The van der Waals surface area contributed by atoms with Gasteiger partial charge in [0.2, 0.25) is 0 Å². The molecule has 0 aliphatic heterocycles. The van der Waals surface area contributed by atoms with Gasteiger partial charge in [0.05, 0.1) is 0 Å². The Labute approximate surface area is 122 Å². The lowest BCUT2D eigenvalue weighted by Crippen LogP contribution is -2.37. The van der Waals surface area contributed by atoms with Gasteiger partial charge in [0, 0.05) is 17.3 Å². The molecule has 3 unspecified atom stereocenters. The lowest BCUT2D eigenvalue weighted by atomic mass is 9.96. The van der Waals surface area contributed by atoms with Crippen molar-refractivity contribution in [2.24, 2.45) is 5.92 Å². The van der Waals surface area contributed by atoms with Crippen LogP contribution in [0.15, 0.2) is 30.3 Å². The normalized spacial score (nSPS) is 24.8. The molecule has 2 heteroatoms. The van der Waals surface area contributed by atoms with Crippen LogP contribution in [0.2, 0.25) is 0 Å². The molecule has 0 saturated heterocycles. The van der Waals surface area contributed by atoms with E-state index in [1.54, 1.807) is 0 Å².